The van der Waals surface area contributed by atoms with Crippen LogP contribution in [0.1, 0.15) is 13.2 Å². The number of nitrogens with zero attached hydrogens (tertiary/aromatic N) is 4. The highest BCUT2D eigenvalue weighted by Crippen LogP contribution is 2.28. The van der Waals surface area contributed by atoms with E-state index in [2.05, 4.69) is 10.0 Å². The number of aliphatic hydroxyl groups is 2. The third-order valence-corrected chi connectivity index (χ3v) is 2.85. The van der Waals surface area contributed by atoms with Crippen LogP contribution in [0.2, 0.25) is 0 Å². The SMILES string of the molecule is CC1OC(n2cc(N=[N+]=[N-])c(=O)[nH]c2=O)C(O)C1O. The molecule has 1 fully saturated rings. The number of H-pyrrole nitrogens is 1. The molecule has 1 aromatic rings. The van der Waals surface area contributed by atoms with Crippen LogP contribution in [0.15, 0.2) is 20.9 Å². The van der Waals surface area contributed by atoms with E-state index < -0.39 is 35.8 Å². The quantitative estimate of drug-likeness (QED) is 0.361. The first kappa shape index (κ1) is 13.3. The van der Waals surface area contributed by atoms with E-state index in [-0.39, 0.29) is 5.69 Å². The maximum atomic E-state index is 11.6. The molecule has 0 radical (unpaired) electrons. The van der Waals surface area contributed by atoms with Crippen LogP contribution in [0.3, 0.4) is 0 Å². The lowest BCUT2D eigenvalue weighted by molar-refractivity contribution is -0.0350. The van der Waals surface area contributed by atoms with E-state index in [1.54, 1.807) is 0 Å². The van der Waals surface area contributed by atoms with Gasteiger partial charge in [-0.15, -0.1) is 0 Å². The summed E-state index contributed by atoms with van der Waals surface area (Å²) in [6, 6.07) is 0. The lowest BCUT2D eigenvalue weighted by Gasteiger charge is -2.17. The van der Waals surface area contributed by atoms with Gasteiger partial charge in [0.1, 0.15) is 17.9 Å². The average Bonchev–Trinajstić information content (AvgIpc) is 2.61. The monoisotopic (exact) mass is 269 g/mol. The maximum absolute atomic E-state index is 11.6. The largest absolute Gasteiger partial charge is 0.388 e. The molecule has 1 aliphatic rings. The van der Waals surface area contributed by atoms with Gasteiger partial charge in [-0.05, 0) is 12.5 Å². The molecule has 4 unspecified atom stereocenters. The number of aliphatic hydroxyl groups excluding tert-OH is 2. The zero-order valence-corrected chi connectivity index (χ0v) is 9.79. The fourth-order valence-electron chi connectivity index (χ4n) is 1.84. The van der Waals surface area contributed by atoms with Gasteiger partial charge >= 0.3 is 5.69 Å². The molecular formula is C9H11N5O5. The molecule has 0 aromatic carbocycles. The summed E-state index contributed by atoms with van der Waals surface area (Å²) in [6.07, 6.45) is -3.37. The molecule has 0 amide bonds. The predicted octanol–water partition coefficient (Wildman–Crippen LogP) is -0.883. The molecule has 102 valence electrons. The molecule has 1 aromatic heterocycles. The molecule has 0 bridgehead atoms. The molecule has 10 heteroatoms. The Morgan fingerprint density at radius 1 is 1.47 bits per heavy atom. The summed E-state index contributed by atoms with van der Waals surface area (Å²) in [7, 11) is 0. The second-order valence-electron chi connectivity index (χ2n) is 4.08. The van der Waals surface area contributed by atoms with Crippen molar-refractivity contribution in [1.82, 2.24) is 9.55 Å². The summed E-state index contributed by atoms with van der Waals surface area (Å²) in [5, 5.41) is 22.5. The van der Waals surface area contributed by atoms with Gasteiger partial charge in [-0.2, -0.15) is 0 Å². The topological polar surface area (TPSA) is 153 Å². The lowest BCUT2D eigenvalue weighted by Crippen LogP contribution is -2.37. The lowest BCUT2D eigenvalue weighted by atomic mass is 10.1. The number of nitrogens with one attached hydrogen (secondary N) is 1. The summed E-state index contributed by atoms with van der Waals surface area (Å²) >= 11 is 0. The van der Waals surface area contributed by atoms with Crippen molar-refractivity contribution in [2.75, 3.05) is 0 Å². The van der Waals surface area contributed by atoms with Gasteiger partial charge in [0.05, 0.1) is 6.10 Å². The summed E-state index contributed by atoms with van der Waals surface area (Å²) in [6.45, 7) is 1.53. The minimum Gasteiger partial charge on any atom is -0.388 e. The molecule has 0 aliphatic carbocycles. The Kier molecular flexibility index (Phi) is 3.40. The first-order valence-electron chi connectivity index (χ1n) is 5.38. The highest BCUT2D eigenvalue weighted by Gasteiger charge is 2.41. The predicted molar refractivity (Wildman–Crippen MR) is 61.7 cm³/mol. The van der Waals surface area contributed by atoms with Gasteiger partial charge in [0.15, 0.2) is 6.23 Å². The molecule has 19 heavy (non-hydrogen) atoms. The van der Waals surface area contributed by atoms with E-state index in [0.29, 0.717) is 0 Å². The fourth-order valence-corrected chi connectivity index (χ4v) is 1.84. The van der Waals surface area contributed by atoms with E-state index in [0.717, 1.165) is 10.8 Å². The number of rotatable bonds is 2. The molecule has 4 atom stereocenters. The summed E-state index contributed by atoms with van der Waals surface area (Å²) in [4.78, 5) is 27.3. The van der Waals surface area contributed by atoms with Crippen molar-refractivity contribution < 1.29 is 14.9 Å². The summed E-state index contributed by atoms with van der Waals surface area (Å²) < 4.78 is 6.10. The second-order valence-corrected chi connectivity index (χ2v) is 4.08. The Labute approximate surface area is 105 Å². The van der Waals surface area contributed by atoms with Gasteiger partial charge in [0, 0.05) is 11.1 Å². The first-order valence-corrected chi connectivity index (χ1v) is 5.38. The molecule has 0 spiro atoms. The van der Waals surface area contributed by atoms with Crippen molar-refractivity contribution >= 4 is 5.69 Å². The smallest absolute Gasteiger partial charge is 0.330 e. The van der Waals surface area contributed by atoms with E-state index in [1.165, 1.54) is 6.92 Å². The Balaban J connectivity index is 2.52. The minimum absolute atomic E-state index is 0.341. The van der Waals surface area contributed by atoms with Crippen LogP contribution in [0, 0.1) is 0 Å². The standard InChI is InChI=1S/C9H11N5O5/c1-3-5(15)6(16)8(19-3)14-2-4(12-13-10)7(17)11-9(14)18/h2-3,5-6,8,15-16H,1H3,(H,11,17,18). The van der Waals surface area contributed by atoms with Crippen molar-refractivity contribution in [3.05, 3.63) is 37.5 Å². The number of ether oxygens (including phenoxy) is 1. The molecule has 2 rings (SSSR count). The van der Waals surface area contributed by atoms with E-state index in [4.69, 9.17) is 10.3 Å². The maximum Gasteiger partial charge on any atom is 0.330 e. The van der Waals surface area contributed by atoms with Crippen LogP contribution in [-0.2, 0) is 4.74 Å². The van der Waals surface area contributed by atoms with Crippen molar-refractivity contribution in [3.8, 4) is 0 Å². The second kappa shape index (κ2) is 4.86. The number of aromatic amines is 1. The normalized spacial score (nSPS) is 30.1. The molecule has 1 aliphatic heterocycles. The van der Waals surface area contributed by atoms with Crippen LogP contribution >= 0.6 is 0 Å². The van der Waals surface area contributed by atoms with E-state index in [9.17, 15) is 19.8 Å². The van der Waals surface area contributed by atoms with Crippen molar-refractivity contribution in [1.29, 1.82) is 0 Å². The van der Waals surface area contributed by atoms with Crippen LogP contribution in [-0.4, -0.2) is 38.1 Å². The zero-order chi connectivity index (χ0) is 14.2. The highest BCUT2D eigenvalue weighted by atomic mass is 16.6. The van der Waals surface area contributed by atoms with Crippen molar-refractivity contribution in [2.24, 2.45) is 5.11 Å². The van der Waals surface area contributed by atoms with Gasteiger partial charge in [0.2, 0.25) is 0 Å². The Hall–Kier alpha value is -2.13. The Morgan fingerprint density at radius 2 is 2.16 bits per heavy atom. The molecule has 3 N–H and O–H groups in total. The molecule has 2 heterocycles. The molecular weight excluding hydrogens is 258 g/mol. The van der Waals surface area contributed by atoms with Crippen molar-refractivity contribution in [3.63, 3.8) is 0 Å². The number of hydrogen-bond acceptors (Lipinski definition) is 6. The number of hydrogen-bond donors (Lipinski definition) is 3. The third kappa shape index (κ3) is 2.25. The van der Waals surface area contributed by atoms with Crippen LogP contribution < -0.4 is 11.2 Å². The number of azide groups is 1. The highest BCUT2D eigenvalue weighted by molar-refractivity contribution is 5.29. The Bertz CT molecular complexity index is 645. The van der Waals surface area contributed by atoms with Gasteiger partial charge in [-0.1, -0.05) is 5.11 Å². The van der Waals surface area contributed by atoms with Gasteiger partial charge < -0.3 is 14.9 Å². The van der Waals surface area contributed by atoms with E-state index >= 15 is 0 Å². The Morgan fingerprint density at radius 3 is 2.68 bits per heavy atom. The van der Waals surface area contributed by atoms with Gasteiger partial charge in [-0.3, -0.25) is 14.3 Å². The van der Waals surface area contributed by atoms with Crippen LogP contribution in [0.25, 0.3) is 10.4 Å². The van der Waals surface area contributed by atoms with Crippen LogP contribution in [0.5, 0.6) is 0 Å². The number of aromatic nitrogens is 2. The summed E-state index contributed by atoms with van der Waals surface area (Å²) in [5.74, 6) is 0. The molecule has 0 saturated carbocycles. The minimum atomic E-state index is -1.34. The zero-order valence-electron chi connectivity index (χ0n) is 9.79. The van der Waals surface area contributed by atoms with Gasteiger partial charge in [0.25, 0.3) is 5.56 Å². The first-order chi connectivity index (χ1) is 8.95. The van der Waals surface area contributed by atoms with Crippen molar-refractivity contribution in [2.45, 2.75) is 31.5 Å². The fraction of sp³-hybridized carbons (Fsp3) is 0.556. The molecule has 1 saturated heterocycles. The van der Waals surface area contributed by atoms with Crippen LogP contribution in [0.4, 0.5) is 5.69 Å². The summed E-state index contributed by atoms with van der Waals surface area (Å²) in [5.41, 5.74) is 6.27. The van der Waals surface area contributed by atoms with E-state index in [1.807, 2.05) is 4.98 Å². The van der Waals surface area contributed by atoms with Gasteiger partial charge in [-0.25, -0.2) is 4.79 Å². The average molecular weight is 269 g/mol. The molecule has 10 nitrogen and oxygen atoms in total. The third-order valence-electron chi connectivity index (χ3n) is 2.85.